The highest BCUT2D eigenvalue weighted by atomic mass is 19.4. The standard InChI is InChI=1S/C30H22F3N3O6/c1-41-20-13-19(14-21(15-20)42-2)36-25-12-18(30(31,32)33)9-10-23(25)26(28(36)38)35-34-24-8-4-7-22(27(24)37)16-5-3-6-17(11-16)29(39)40/h3-15,37-38H,1-2H3,(H,39,40). The maximum absolute atomic E-state index is 13.6. The Balaban J connectivity index is 1.67. The summed E-state index contributed by atoms with van der Waals surface area (Å²) in [5.41, 5.74) is -0.200. The second kappa shape index (κ2) is 10.8. The van der Waals surface area contributed by atoms with Gasteiger partial charge in [0.15, 0.2) is 11.4 Å². The number of para-hydroxylation sites is 1. The Bertz CT molecular complexity index is 1840. The van der Waals surface area contributed by atoms with Crippen LogP contribution in [0.3, 0.4) is 0 Å². The molecule has 0 spiro atoms. The Morgan fingerprint density at radius 2 is 1.55 bits per heavy atom. The summed E-state index contributed by atoms with van der Waals surface area (Å²) in [6.45, 7) is 0. The van der Waals surface area contributed by atoms with Crippen molar-refractivity contribution in [3.63, 3.8) is 0 Å². The highest BCUT2D eigenvalue weighted by Crippen LogP contribution is 2.45. The summed E-state index contributed by atoms with van der Waals surface area (Å²) >= 11 is 0. The van der Waals surface area contributed by atoms with Crippen LogP contribution in [0.15, 0.2) is 89.1 Å². The summed E-state index contributed by atoms with van der Waals surface area (Å²) < 4.78 is 52.7. The van der Waals surface area contributed by atoms with E-state index in [4.69, 9.17) is 9.47 Å². The van der Waals surface area contributed by atoms with E-state index in [-0.39, 0.29) is 44.8 Å². The number of azo groups is 1. The van der Waals surface area contributed by atoms with Crippen LogP contribution in [0.5, 0.6) is 23.1 Å². The Labute approximate surface area is 236 Å². The Hall–Kier alpha value is -5.52. The summed E-state index contributed by atoms with van der Waals surface area (Å²) in [4.78, 5) is 11.4. The number of carboxylic acid groups (broad SMARTS) is 1. The van der Waals surface area contributed by atoms with Crippen LogP contribution in [0.1, 0.15) is 15.9 Å². The molecule has 214 valence electrons. The fraction of sp³-hybridized carbons (Fsp3) is 0.100. The number of carbonyl (C=O) groups is 1. The van der Waals surface area contributed by atoms with Crippen LogP contribution >= 0.6 is 0 Å². The molecular formula is C30H22F3N3O6. The minimum Gasteiger partial charge on any atom is -0.505 e. The number of carboxylic acids is 1. The van der Waals surface area contributed by atoms with Gasteiger partial charge in [0.2, 0.25) is 5.88 Å². The number of aromatic carboxylic acids is 1. The van der Waals surface area contributed by atoms with Gasteiger partial charge in [0, 0.05) is 29.1 Å². The number of phenols is 1. The number of phenolic OH excluding ortho intramolecular Hbond substituents is 1. The molecule has 3 N–H and O–H groups in total. The Kier molecular flexibility index (Phi) is 7.21. The third kappa shape index (κ3) is 5.17. The van der Waals surface area contributed by atoms with Crippen LogP contribution in [0.25, 0.3) is 27.7 Å². The molecule has 42 heavy (non-hydrogen) atoms. The first-order valence-electron chi connectivity index (χ1n) is 12.3. The molecule has 9 nitrogen and oxygen atoms in total. The summed E-state index contributed by atoms with van der Waals surface area (Å²) in [6, 6.07) is 18.0. The summed E-state index contributed by atoms with van der Waals surface area (Å²) in [6.07, 6.45) is -4.66. The molecule has 0 radical (unpaired) electrons. The number of methoxy groups -OCH3 is 2. The topological polar surface area (TPSA) is 126 Å². The quantitative estimate of drug-likeness (QED) is 0.169. The van der Waals surface area contributed by atoms with Crippen LogP contribution in [0.4, 0.5) is 24.5 Å². The number of alkyl halides is 3. The van der Waals surface area contributed by atoms with E-state index in [1.807, 2.05) is 0 Å². The van der Waals surface area contributed by atoms with Crippen molar-refractivity contribution in [2.75, 3.05) is 14.2 Å². The Morgan fingerprint density at radius 3 is 2.19 bits per heavy atom. The van der Waals surface area contributed by atoms with Crippen molar-refractivity contribution < 1.29 is 42.8 Å². The van der Waals surface area contributed by atoms with Crippen molar-refractivity contribution in [1.29, 1.82) is 0 Å². The maximum Gasteiger partial charge on any atom is 0.416 e. The molecule has 12 heteroatoms. The minimum absolute atomic E-state index is 0.0176. The molecule has 0 bridgehead atoms. The van der Waals surface area contributed by atoms with E-state index in [9.17, 15) is 33.3 Å². The summed E-state index contributed by atoms with van der Waals surface area (Å²) in [5.74, 6) is -1.32. The number of halogens is 3. The van der Waals surface area contributed by atoms with Crippen LogP contribution in [-0.4, -0.2) is 40.1 Å². The molecule has 0 aliphatic carbocycles. The first kappa shape index (κ1) is 28.0. The average Bonchev–Trinajstić information content (AvgIpc) is 3.26. The fourth-order valence-corrected chi connectivity index (χ4v) is 4.48. The van der Waals surface area contributed by atoms with Crippen molar-refractivity contribution in [3.05, 3.63) is 90.0 Å². The van der Waals surface area contributed by atoms with E-state index in [1.165, 1.54) is 56.7 Å². The zero-order valence-electron chi connectivity index (χ0n) is 22.0. The van der Waals surface area contributed by atoms with Crippen LogP contribution in [0, 0.1) is 0 Å². The first-order valence-corrected chi connectivity index (χ1v) is 12.3. The zero-order valence-corrected chi connectivity index (χ0v) is 22.0. The van der Waals surface area contributed by atoms with Gasteiger partial charge >= 0.3 is 12.1 Å². The molecule has 0 saturated heterocycles. The van der Waals surface area contributed by atoms with E-state index < -0.39 is 23.6 Å². The van der Waals surface area contributed by atoms with Gasteiger partial charge in [-0.2, -0.15) is 13.2 Å². The normalized spacial score (nSPS) is 11.7. The molecule has 4 aromatic carbocycles. The van der Waals surface area contributed by atoms with E-state index in [1.54, 1.807) is 24.3 Å². The first-order chi connectivity index (χ1) is 20.0. The van der Waals surface area contributed by atoms with Gasteiger partial charge in [-0.05, 0) is 42.0 Å². The molecule has 0 fully saturated rings. The van der Waals surface area contributed by atoms with Crippen LogP contribution < -0.4 is 9.47 Å². The van der Waals surface area contributed by atoms with Crippen molar-refractivity contribution in [3.8, 4) is 39.9 Å². The van der Waals surface area contributed by atoms with Crippen LogP contribution in [-0.2, 0) is 6.18 Å². The Morgan fingerprint density at radius 1 is 0.857 bits per heavy atom. The predicted octanol–water partition coefficient (Wildman–Crippen LogP) is 7.86. The van der Waals surface area contributed by atoms with E-state index in [2.05, 4.69) is 10.2 Å². The van der Waals surface area contributed by atoms with Gasteiger partial charge in [-0.3, -0.25) is 4.57 Å². The number of hydrogen-bond acceptors (Lipinski definition) is 7. The molecule has 5 rings (SSSR count). The molecule has 1 heterocycles. The third-order valence-corrected chi connectivity index (χ3v) is 6.53. The lowest BCUT2D eigenvalue weighted by molar-refractivity contribution is -0.137. The lowest BCUT2D eigenvalue weighted by Crippen LogP contribution is -2.05. The largest absolute Gasteiger partial charge is 0.505 e. The molecule has 0 amide bonds. The predicted molar refractivity (Wildman–Crippen MR) is 148 cm³/mol. The highest BCUT2D eigenvalue weighted by Gasteiger charge is 2.32. The van der Waals surface area contributed by atoms with Crippen molar-refractivity contribution in [1.82, 2.24) is 4.57 Å². The number of nitrogens with zero attached hydrogens (tertiary/aromatic N) is 3. The number of rotatable bonds is 7. The molecule has 0 unspecified atom stereocenters. The second-order valence-corrected chi connectivity index (χ2v) is 9.07. The van der Waals surface area contributed by atoms with Gasteiger partial charge in [-0.25, -0.2) is 4.79 Å². The molecule has 0 atom stereocenters. The molecule has 5 aromatic rings. The van der Waals surface area contributed by atoms with E-state index >= 15 is 0 Å². The number of aromatic nitrogens is 1. The summed E-state index contributed by atoms with van der Waals surface area (Å²) in [5, 5.41) is 39.9. The number of aromatic hydroxyl groups is 2. The molecule has 0 saturated carbocycles. The van der Waals surface area contributed by atoms with Gasteiger partial charge < -0.3 is 24.8 Å². The minimum atomic E-state index is -4.66. The summed E-state index contributed by atoms with van der Waals surface area (Å²) in [7, 11) is 2.82. The van der Waals surface area contributed by atoms with Crippen LogP contribution in [0.2, 0.25) is 0 Å². The van der Waals surface area contributed by atoms with Crippen molar-refractivity contribution in [2.45, 2.75) is 6.18 Å². The SMILES string of the molecule is COc1cc(OC)cc(-n2c(O)c(N=Nc3cccc(-c4cccc(C(=O)O)c4)c3O)c3ccc(C(F)(F)F)cc32)c1. The van der Waals surface area contributed by atoms with E-state index in [0.717, 1.165) is 16.7 Å². The van der Waals surface area contributed by atoms with Gasteiger partial charge in [0.1, 0.15) is 17.2 Å². The average molecular weight is 578 g/mol. The number of hydrogen-bond donors (Lipinski definition) is 3. The van der Waals surface area contributed by atoms with E-state index in [0.29, 0.717) is 17.1 Å². The zero-order chi connectivity index (χ0) is 30.2. The molecule has 0 aliphatic rings. The number of fused-ring (bicyclic) bond motifs is 1. The van der Waals surface area contributed by atoms with Gasteiger partial charge in [0.25, 0.3) is 0 Å². The fourth-order valence-electron chi connectivity index (χ4n) is 4.48. The van der Waals surface area contributed by atoms with Crippen molar-refractivity contribution in [2.24, 2.45) is 10.2 Å². The lowest BCUT2D eigenvalue weighted by Gasteiger charge is -2.12. The van der Waals surface area contributed by atoms with Gasteiger partial charge in [0.05, 0.1) is 36.6 Å². The lowest BCUT2D eigenvalue weighted by atomic mass is 10.0. The van der Waals surface area contributed by atoms with Gasteiger partial charge in [-0.15, -0.1) is 10.2 Å². The van der Waals surface area contributed by atoms with Gasteiger partial charge in [-0.1, -0.05) is 24.3 Å². The highest BCUT2D eigenvalue weighted by molar-refractivity contribution is 5.97. The monoisotopic (exact) mass is 577 g/mol. The maximum atomic E-state index is 13.6. The molecule has 0 aliphatic heterocycles. The second-order valence-electron chi connectivity index (χ2n) is 9.07. The molecular weight excluding hydrogens is 555 g/mol. The number of benzene rings is 4. The molecule has 1 aromatic heterocycles. The third-order valence-electron chi connectivity index (χ3n) is 6.53. The smallest absolute Gasteiger partial charge is 0.416 e. The van der Waals surface area contributed by atoms with Crippen molar-refractivity contribution >= 4 is 28.2 Å². The number of ether oxygens (including phenoxy) is 2.